The summed E-state index contributed by atoms with van der Waals surface area (Å²) in [7, 11) is 3.11. The Kier molecular flexibility index (Phi) is 10.3. The fraction of sp³-hybridized carbons (Fsp3) is 0.655. The average molecular weight is 576 g/mol. The Morgan fingerprint density at radius 2 is 1.71 bits per heavy atom. The molecule has 3 fully saturated rings. The number of fused-ring (bicyclic) bond motifs is 1. The van der Waals surface area contributed by atoms with E-state index in [4.69, 9.17) is 23.7 Å². The highest BCUT2D eigenvalue weighted by Gasteiger charge is 2.39. The van der Waals surface area contributed by atoms with Gasteiger partial charge in [-0.25, -0.2) is 19.3 Å². The van der Waals surface area contributed by atoms with Crippen LogP contribution in [0.2, 0.25) is 0 Å². The Morgan fingerprint density at radius 1 is 1.00 bits per heavy atom. The number of piperidine rings is 1. The second kappa shape index (κ2) is 13.9. The van der Waals surface area contributed by atoms with Gasteiger partial charge in [-0.3, -0.25) is 4.79 Å². The van der Waals surface area contributed by atoms with Crippen molar-refractivity contribution in [1.82, 2.24) is 15.1 Å². The smallest absolute Gasteiger partial charge is 0.417 e. The van der Waals surface area contributed by atoms with E-state index >= 15 is 0 Å². The van der Waals surface area contributed by atoms with Crippen LogP contribution in [0.5, 0.6) is 11.5 Å². The zero-order valence-electron chi connectivity index (χ0n) is 24.3. The molecule has 1 aromatic rings. The lowest BCUT2D eigenvalue weighted by molar-refractivity contribution is -0.128. The Morgan fingerprint density at radius 3 is 2.27 bits per heavy atom. The quantitative estimate of drug-likeness (QED) is 0.378. The van der Waals surface area contributed by atoms with Crippen LogP contribution in [-0.4, -0.2) is 92.5 Å². The highest BCUT2D eigenvalue weighted by Crippen LogP contribution is 2.40. The summed E-state index contributed by atoms with van der Waals surface area (Å²) in [4.78, 5) is 50.6. The van der Waals surface area contributed by atoms with Gasteiger partial charge in [-0.15, -0.1) is 0 Å². The van der Waals surface area contributed by atoms with Crippen molar-refractivity contribution in [2.24, 2.45) is 0 Å². The largest absolute Gasteiger partial charge is 0.497 e. The molecule has 3 aliphatic heterocycles. The van der Waals surface area contributed by atoms with E-state index in [1.165, 1.54) is 12.0 Å². The van der Waals surface area contributed by atoms with E-state index < -0.39 is 6.09 Å². The number of carbonyl (C=O) groups excluding carboxylic acids is 4. The number of ether oxygens (including phenoxy) is 5. The predicted molar refractivity (Wildman–Crippen MR) is 147 cm³/mol. The molecule has 41 heavy (non-hydrogen) atoms. The van der Waals surface area contributed by atoms with Crippen LogP contribution in [0.15, 0.2) is 12.1 Å². The third kappa shape index (κ3) is 7.22. The van der Waals surface area contributed by atoms with Gasteiger partial charge in [0, 0.05) is 36.8 Å². The molecule has 1 aliphatic carbocycles. The summed E-state index contributed by atoms with van der Waals surface area (Å²) >= 11 is 0. The molecule has 1 aromatic carbocycles. The molecule has 1 atom stereocenters. The van der Waals surface area contributed by atoms with Crippen LogP contribution in [-0.2, 0) is 19.0 Å². The molecule has 1 N–H and O–H groups in total. The van der Waals surface area contributed by atoms with E-state index in [1.807, 2.05) is 13.0 Å². The second-order valence-corrected chi connectivity index (χ2v) is 10.6. The van der Waals surface area contributed by atoms with Crippen LogP contribution in [0.25, 0.3) is 0 Å². The summed E-state index contributed by atoms with van der Waals surface area (Å²) in [6, 6.07) is 3.57. The van der Waals surface area contributed by atoms with Crippen molar-refractivity contribution in [1.29, 1.82) is 0 Å². The minimum atomic E-state index is -0.550. The van der Waals surface area contributed by atoms with Gasteiger partial charge < -0.3 is 33.9 Å². The molecular weight excluding hydrogens is 534 g/mol. The summed E-state index contributed by atoms with van der Waals surface area (Å²) in [6.45, 7) is 7.02. The van der Waals surface area contributed by atoms with Crippen LogP contribution in [0.1, 0.15) is 80.8 Å². The number of cyclic esters (lactones) is 2. The van der Waals surface area contributed by atoms with Gasteiger partial charge in [-0.2, -0.15) is 0 Å². The molecule has 2 saturated heterocycles. The monoisotopic (exact) mass is 575 g/mol. The highest BCUT2D eigenvalue weighted by atomic mass is 16.6. The first-order valence-electron chi connectivity index (χ1n) is 14.4. The number of esters is 1. The van der Waals surface area contributed by atoms with Crippen molar-refractivity contribution in [3.63, 3.8) is 0 Å². The molecule has 3 heterocycles. The second-order valence-electron chi connectivity index (χ2n) is 10.6. The first kappa shape index (κ1) is 30.4. The van der Waals surface area contributed by atoms with Gasteiger partial charge in [0.05, 0.1) is 14.2 Å². The molecule has 1 saturated carbocycles. The van der Waals surface area contributed by atoms with Crippen molar-refractivity contribution >= 4 is 24.1 Å². The van der Waals surface area contributed by atoms with Crippen LogP contribution in [0, 0.1) is 0 Å². The molecule has 12 heteroatoms. The van der Waals surface area contributed by atoms with E-state index in [-0.39, 0.29) is 48.9 Å². The predicted octanol–water partition coefficient (Wildman–Crippen LogP) is 3.81. The van der Waals surface area contributed by atoms with E-state index in [9.17, 15) is 19.2 Å². The van der Waals surface area contributed by atoms with Gasteiger partial charge in [0.15, 0.2) is 6.61 Å². The lowest BCUT2D eigenvalue weighted by Gasteiger charge is -2.33. The van der Waals surface area contributed by atoms with Gasteiger partial charge in [0.2, 0.25) is 0 Å². The number of hydrogen-bond acceptors (Lipinski definition) is 10. The number of nitrogens with zero attached hydrogens (tertiary/aromatic N) is 2. The third-order valence-electron chi connectivity index (χ3n) is 8.16. The van der Waals surface area contributed by atoms with Crippen molar-refractivity contribution < 1.29 is 42.9 Å². The number of methoxy groups -OCH3 is 2. The number of rotatable bonds is 7. The van der Waals surface area contributed by atoms with Crippen molar-refractivity contribution in [2.75, 3.05) is 40.5 Å². The normalized spacial score (nSPS) is 24.5. The number of alkyl carbamates (subject to hydrolysis) is 1. The van der Waals surface area contributed by atoms with Crippen LogP contribution < -0.4 is 14.8 Å². The summed E-state index contributed by atoms with van der Waals surface area (Å²) in [5.74, 6) is 0.592. The van der Waals surface area contributed by atoms with Crippen LogP contribution in [0.3, 0.4) is 0 Å². The molecular formula is C29H41N3O9. The number of benzene rings is 1. The fourth-order valence-electron chi connectivity index (χ4n) is 5.80. The van der Waals surface area contributed by atoms with E-state index in [1.54, 1.807) is 13.2 Å². The number of likely N-dealkylation sites (tertiary alicyclic amines) is 1. The van der Waals surface area contributed by atoms with Crippen molar-refractivity contribution in [3.05, 3.63) is 23.3 Å². The van der Waals surface area contributed by atoms with Gasteiger partial charge >= 0.3 is 18.2 Å². The minimum absolute atomic E-state index is 0.135. The van der Waals surface area contributed by atoms with Crippen molar-refractivity contribution in [2.45, 2.75) is 83.1 Å². The Balaban J connectivity index is 0.000000208. The molecule has 5 rings (SSSR count). The van der Waals surface area contributed by atoms with Crippen molar-refractivity contribution in [3.8, 4) is 11.5 Å². The number of amides is 3. The average Bonchev–Trinajstić information content (AvgIpc) is 3.50. The number of nitrogens with one attached hydrogen (secondary N) is 1. The first-order chi connectivity index (χ1) is 19.8. The zero-order chi connectivity index (χ0) is 29.5. The molecule has 12 nitrogen and oxygen atoms in total. The van der Waals surface area contributed by atoms with Gasteiger partial charge in [0.25, 0.3) is 5.91 Å². The zero-order valence-corrected chi connectivity index (χ0v) is 24.3. The van der Waals surface area contributed by atoms with Gasteiger partial charge in [-0.1, -0.05) is 13.8 Å². The standard InChI is InChI=1S/C17H27N3O5.C12H14O4/c1-2-19-9-7-12(8-10-19)18-16(22)25-14-5-3-13(4-6-14)20-15(21)11-24-17(20)23;1-4-9-8-5-7(14-2)6-10(15-3)11(8)12(13)16-9/h12-14H,2-11H2,1H3,(H,18,22);5-6,9H,4H2,1-3H3/t;9-/m.1/s1. The maximum absolute atomic E-state index is 12.1. The molecule has 4 aliphatic rings. The Bertz CT molecular complexity index is 1090. The highest BCUT2D eigenvalue weighted by molar-refractivity contribution is 5.98. The van der Waals surface area contributed by atoms with Gasteiger partial charge in [-0.05, 0) is 57.6 Å². The molecule has 0 bridgehead atoms. The van der Waals surface area contributed by atoms with Crippen LogP contribution >= 0.6 is 0 Å². The first-order valence-corrected chi connectivity index (χ1v) is 14.4. The number of carbonyl (C=O) groups is 4. The van der Waals surface area contributed by atoms with E-state index in [2.05, 4.69) is 17.1 Å². The molecule has 226 valence electrons. The molecule has 0 radical (unpaired) electrons. The molecule has 0 aromatic heterocycles. The summed E-state index contributed by atoms with van der Waals surface area (Å²) in [5, 5.41) is 2.96. The van der Waals surface area contributed by atoms with E-state index in [0.717, 1.165) is 44.5 Å². The molecule has 0 unspecified atom stereocenters. The SMILES string of the molecule is CCN1CCC(NC(=O)OC2CCC(N3C(=O)COC3=O)CC2)CC1.CC[C@H]1OC(=O)c2c(OC)cc(OC)cc21. The maximum atomic E-state index is 12.1. The Labute approximate surface area is 240 Å². The van der Waals surface area contributed by atoms with Gasteiger partial charge in [0.1, 0.15) is 29.3 Å². The fourth-order valence-corrected chi connectivity index (χ4v) is 5.80. The van der Waals surface area contributed by atoms with E-state index in [0.29, 0.717) is 42.7 Å². The Hall–Kier alpha value is -3.54. The summed E-state index contributed by atoms with van der Waals surface area (Å²) in [6.07, 6.45) is 4.01. The minimum Gasteiger partial charge on any atom is -0.497 e. The maximum Gasteiger partial charge on any atom is 0.417 e. The topological polar surface area (TPSA) is 133 Å². The van der Waals surface area contributed by atoms with Crippen LogP contribution in [0.4, 0.5) is 9.59 Å². The summed E-state index contributed by atoms with van der Waals surface area (Å²) < 4.78 is 25.9. The number of imide groups is 1. The summed E-state index contributed by atoms with van der Waals surface area (Å²) in [5.41, 5.74) is 1.37. The lowest BCUT2D eigenvalue weighted by atomic mass is 9.92. The number of hydrogen-bond donors (Lipinski definition) is 1. The third-order valence-corrected chi connectivity index (χ3v) is 8.16. The lowest BCUT2D eigenvalue weighted by Crippen LogP contribution is -2.46. The molecule has 3 amide bonds. The molecule has 0 spiro atoms.